The standard InChI is InChI=1S/C6H6O.C3H4O4.C2H6NO4S2.C2H6NO2S.C2H4O2.2C2H6/c7-6-4-2-1-3-5-6;4-2(5)1-3(6)7;1-8(4,5)3-9(2,6)7;1-3-6(2,4)5;1-2(3)4;2*1-2/h1-5,7H;1H2,(H,4,5)(H,6,7);1-2H3;1-2H3;1H3,(H,3,4);2*1-2H3/q;;2*-1;;;/p-3. The van der Waals surface area contributed by atoms with Crippen LogP contribution in [-0.4, -0.2) is 74.1 Å². The highest BCUT2D eigenvalue weighted by atomic mass is 32.3. The van der Waals surface area contributed by atoms with Gasteiger partial charge in [0.15, 0.2) is 0 Å². The van der Waals surface area contributed by atoms with Gasteiger partial charge >= 0.3 is 5.97 Å². The topological polar surface area (TPSA) is 271 Å². The quantitative estimate of drug-likeness (QED) is 0.401. The molecule has 222 valence electrons. The highest BCUT2D eigenvalue weighted by molar-refractivity contribution is 8.11. The van der Waals surface area contributed by atoms with Crippen molar-refractivity contribution in [2.45, 2.75) is 41.0 Å². The van der Waals surface area contributed by atoms with Gasteiger partial charge in [0, 0.05) is 24.7 Å². The zero-order chi connectivity index (χ0) is 31.5. The summed E-state index contributed by atoms with van der Waals surface area (Å²) in [7, 11) is -9.28. The predicted molar refractivity (Wildman–Crippen MR) is 134 cm³/mol. The molecular weight excluding hydrogens is 560 g/mol. The minimum atomic E-state index is -3.74. The SMILES string of the molecule is CC.CC.CC(=O)[O-].CS(=O)(=O)[N-]S(C)(=O)=O.C[N-]S(C)(=O)=O.O=C([O-])CC(=O)O.[O-]c1ccccc1. The lowest BCUT2D eigenvalue weighted by molar-refractivity contribution is -0.305. The molecule has 0 fully saturated rings. The molecule has 0 atom stereocenters. The Morgan fingerprint density at radius 3 is 1.11 bits per heavy atom. The number of sulfonamides is 3. The van der Waals surface area contributed by atoms with Crippen molar-refractivity contribution in [2.24, 2.45) is 0 Å². The van der Waals surface area contributed by atoms with Gasteiger partial charge in [0.2, 0.25) is 0 Å². The first-order valence-electron chi connectivity index (χ1n) is 9.79. The summed E-state index contributed by atoms with van der Waals surface area (Å²) < 4.78 is 65.6. The highest BCUT2D eigenvalue weighted by Gasteiger charge is 1.93. The largest absolute Gasteiger partial charge is 0.872 e. The van der Waals surface area contributed by atoms with E-state index >= 15 is 0 Å². The number of para-hydroxylation sites is 1. The third kappa shape index (κ3) is 97.6. The number of carboxylic acid groups (broad SMARTS) is 3. The zero-order valence-corrected chi connectivity index (χ0v) is 24.5. The smallest absolute Gasteiger partial charge is 0.309 e. The first kappa shape index (κ1) is 47.4. The van der Waals surface area contributed by atoms with Gasteiger partial charge in [-0.25, -0.2) is 25.3 Å². The molecule has 0 spiro atoms. The van der Waals surface area contributed by atoms with Crippen LogP contribution in [0.4, 0.5) is 0 Å². The van der Waals surface area contributed by atoms with Crippen molar-refractivity contribution in [2.75, 3.05) is 25.8 Å². The molecule has 18 heteroatoms. The number of rotatable bonds is 5. The van der Waals surface area contributed by atoms with Crippen LogP contribution in [0, 0.1) is 0 Å². The molecule has 1 aromatic carbocycles. The van der Waals surface area contributed by atoms with Crippen molar-refractivity contribution in [1.29, 1.82) is 0 Å². The van der Waals surface area contributed by atoms with E-state index in [0.717, 1.165) is 13.2 Å². The number of carbonyl (C=O) groups excluding carboxylic acids is 2. The van der Waals surface area contributed by atoms with Crippen LogP contribution in [0.3, 0.4) is 0 Å². The average Bonchev–Trinajstić information content (AvgIpc) is 2.68. The fourth-order valence-electron chi connectivity index (χ4n) is 0.790. The summed E-state index contributed by atoms with van der Waals surface area (Å²) in [6, 6.07) is 8.33. The van der Waals surface area contributed by atoms with Gasteiger partial charge in [0.05, 0.1) is 42.5 Å². The van der Waals surface area contributed by atoms with E-state index in [1.807, 2.05) is 33.8 Å². The van der Waals surface area contributed by atoms with Gasteiger partial charge < -0.3 is 38.9 Å². The maximum atomic E-state index is 10.3. The molecule has 1 aromatic rings. The van der Waals surface area contributed by atoms with Gasteiger partial charge in [-0.15, -0.1) is 5.75 Å². The van der Waals surface area contributed by atoms with Crippen LogP contribution in [0.2, 0.25) is 0 Å². The minimum absolute atomic E-state index is 0.0718. The zero-order valence-electron chi connectivity index (χ0n) is 22.1. The monoisotopic (exact) mass is 595 g/mol. The van der Waals surface area contributed by atoms with E-state index in [1.54, 1.807) is 12.1 Å². The Balaban J connectivity index is -0.0000000797. The summed E-state index contributed by atoms with van der Waals surface area (Å²) in [5, 5.41) is 36.1. The molecule has 1 rings (SSSR count). The second-order valence-electron chi connectivity index (χ2n) is 5.20. The minimum Gasteiger partial charge on any atom is -0.872 e. The molecule has 0 aromatic heterocycles. The van der Waals surface area contributed by atoms with Crippen molar-refractivity contribution in [3.8, 4) is 5.75 Å². The molecule has 15 nitrogen and oxygen atoms in total. The normalized spacial score (nSPS) is 9.32. The molecule has 0 bridgehead atoms. The number of carboxylic acids is 3. The van der Waals surface area contributed by atoms with Crippen LogP contribution in [-0.2, 0) is 44.5 Å². The molecule has 0 saturated heterocycles. The maximum absolute atomic E-state index is 10.3. The molecule has 0 saturated carbocycles. The highest BCUT2D eigenvalue weighted by Crippen LogP contribution is 2.03. The Morgan fingerprint density at radius 2 is 1.05 bits per heavy atom. The number of nitrogens with zero attached hydrogens (tertiary/aromatic N) is 2. The molecule has 0 radical (unpaired) electrons. The molecule has 37 heavy (non-hydrogen) atoms. The predicted octanol–water partition coefficient (Wildman–Crippen LogP) is -0.991. The van der Waals surface area contributed by atoms with E-state index in [-0.39, 0.29) is 5.75 Å². The number of aliphatic carboxylic acids is 3. The Labute approximate surface area is 219 Å². The second kappa shape index (κ2) is 27.8. The number of hydrogen-bond donors (Lipinski definition) is 1. The summed E-state index contributed by atoms with van der Waals surface area (Å²) in [6.45, 7) is 8.97. The van der Waals surface area contributed by atoms with E-state index in [2.05, 4.69) is 8.85 Å². The van der Waals surface area contributed by atoms with Crippen molar-refractivity contribution in [3.63, 3.8) is 0 Å². The first-order chi connectivity index (χ1) is 16.5. The van der Waals surface area contributed by atoms with Gasteiger partial charge in [-0.1, -0.05) is 58.0 Å². The third-order valence-corrected chi connectivity index (χ3v) is 4.47. The molecule has 0 aliphatic heterocycles. The number of carbonyl (C=O) groups is 3. The fourth-order valence-corrected chi connectivity index (χ4v) is 2.76. The Kier molecular flexibility index (Phi) is 35.6. The maximum Gasteiger partial charge on any atom is 0.309 e. The summed E-state index contributed by atoms with van der Waals surface area (Å²) in [5.74, 6) is -3.95. The summed E-state index contributed by atoms with van der Waals surface area (Å²) in [5.41, 5.74) is 0. The lowest BCUT2D eigenvalue weighted by Gasteiger charge is -2.11. The Morgan fingerprint density at radius 1 is 0.784 bits per heavy atom. The van der Waals surface area contributed by atoms with Crippen molar-refractivity contribution in [1.82, 2.24) is 0 Å². The average molecular weight is 596 g/mol. The molecular formula is C19H35N2O13S3-5. The van der Waals surface area contributed by atoms with Crippen LogP contribution in [0.5, 0.6) is 5.75 Å². The molecule has 0 heterocycles. The lowest BCUT2D eigenvalue weighted by Crippen LogP contribution is -2.24. The van der Waals surface area contributed by atoms with E-state index < -0.39 is 54.4 Å². The van der Waals surface area contributed by atoms with Crippen molar-refractivity contribution in [3.05, 3.63) is 39.2 Å². The van der Waals surface area contributed by atoms with Gasteiger partial charge in [-0.2, -0.15) is 7.05 Å². The van der Waals surface area contributed by atoms with E-state index in [9.17, 15) is 45.1 Å². The summed E-state index contributed by atoms with van der Waals surface area (Å²) in [4.78, 5) is 27.6. The van der Waals surface area contributed by atoms with Gasteiger partial charge in [-0.3, -0.25) is 4.79 Å². The Hall–Kier alpha value is -2.80. The first-order valence-corrected chi connectivity index (χ1v) is 15.3. The van der Waals surface area contributed by atoms with E-state index in [0.29, 0.717) is 12.5 Å². The molecule has 0 unspecified atom stereocenters. The van der Waals surface area contributed by atoms with Crippen molar-refractivity contribution < 1.29 is 60.1 Å². The number of benzene rings is 1. The summed E-state index contributed by atoms with van der Waals surface area (Å²) in [6.07, 6.45) is 1.56. The lowest BCUT2D eigenvalue weighted by atomic mass is 10.3. The van der Waals surface area contributed by atoms with Crippen LogP contribution in [0.15, 0.2) is 30.3 Å². The molecule has 0 aliphatic rings. The Bertz CT molecular complexity index is 978. The fraction of sp³-hybridized carbons (Fsp3) is 0.526. The van der Waals surface area contributed by atoms with E-state index in [4.69, 9.17) is 15.0 Å². The molecule has 0 aliphatic carbocycles. The van der Waals surface area contributed by atoms with E-state index in [1.165, 1.54) is 19.2 Å². The third-order valence-electron chi connectivity index (χ3n) is 1.64. The van der Waals surface area contributed by atoms with Gasteiger partial charge in [0.25, 0.3) is 0 Å². The van der Waals surface area contributed by atoms with Gasteiger partial charge in [0.1, 0.15) is 0 Å². The van der Waals surface area contributed by atoms with Crippen LogP contribution >= 0.6 is 0 Å². The van der Waals surface area contributed by atoms with Gasteiger partial charge in [-0.05, 0) is 6.92 Å². The van der Waals surface area contributed by atoms with Crippen LogP contribution in [0.25, 0.3) is 8.85 Å². The molecule has 0 amide bonds. The summed E-state index contributed by atoms with van der Waals surface area (Å²) >= 11 is 0. The van der Waals surface area contributed by atoms with Crippen molar-refractivity contribution >= 4 is 48.0 Å². The van der Waals surface area contributed by atoms with Crippen LogP contribution in [0.1, 0.15) is 41.0 Å². The number of hydrogen-bond acceptors (Lipinski definition) is 12. The van der Waals surface area contributed by atoms with Crippen LogP contribution < -0.4 is 15.3 Å². The molecule has 1 N–H and O–H groups in total. The second-order valence-corrected chi connectivity index (χ2v) is 10.6.